The molecular weight excluding hydrogens is 504 g/mol. The fraction of sp³-hybridized carbons (Fsp3) is 0.207. The predicted molar refractivity (Wildman–Crippen MR) is 146 cm³/mol. The number of nitrogens with zero attached hydrogens (tertiary/aromatic N) is 2. The zero-order valence-corrected chi connectivity index (χ0v) is 21.5. The number of anilines is 1. The molecule has 1 aliphatic carbocycles. The molecule has 1 heterocycles. The summed E-state index contributed by atoms with van der Waals surface area (Å²) in [7, 11) is 1.61. The molecule has 3 aromatic carbocycles. The molecule has 1 aliphatic rings. The van der Waals surface area contributed by atoms with Crippen molar-refractivity contribution in [2.24, 2.45) is 0 Å². The van der Waals surface area contributed by atoms with E-state index in [4.69, 9.17) is 16.3 Å². The average molecular weight is 531 g/mol. The SMILES string of the molecule is COc1ccc(CNC(=O)n2nc(-c3ccc(NC(=O)c4ccc(Cl)cc4)cc3O)cc2C2CCC2)cc1. The van der Waals surface area contributed by atoms with Crippen molar-refractivity contribution in [1.29, 1.82) is 0 Å². The number of rotatable bonds is 7. The first kappa shape index (κ1) is 25.4. The molecule has 0 radical (unpaired) electrons. The van der Waals surface area contributed by atoms with Gasteiger partial charge in [-0.15, -0.1) is 0 Å². The Morgan fingerprint density at radius 2 is 1.79 bits per heavy atom. The van der Waals surface area contributed by atoms with Crippen molar-refractivity contribution in [3.8, 4) is 22.8 Å². The third-order valence-electron chi connectivity index (χ3n) is 6.69. The van der Waals surface area contributed by atoms with Crippen LogP contribution in [0.3, 0.4) is 0 Å². The van der Waals surface area contributed by atoms with E-state index in [1.165, 1.54) is 10.7 Å². The molecule has 0 spiro atoms. The molecule has 5 rings (SSSR count). The number of hydrogen-bond acceptors (Lipinski definition) is 5. The number of methoxy groups -OCH3 is 1. The van der Waals surface area contributed by atoms with Crippen LogP contribution in [0.5, 0.6) is 11.5 Å². The zero-order valence-electron chi connectivity index (χ0n) is 20.8. The second-order valence-corrected chi connectivity index (χ2v) is 9.63. The molecule has 0 unspecified atom stereocenters. The van der Waals surface area contributed by atoms with Crippen LogP contribution in [-0.4, -0.2) is 33.9 Å². The Balaban J connectivity index is 1.34. The maximum Gasteiger partial charge on any atom is 0.342 e. The van der Waals surface area contributed by atoms with Crippen molar-refractivity contribution in [3.63, 3.8) is 0 Å². The van der Waals surface area contributed by atoms with Crippen LogP contribution in [0.4, 0.5) is 10.5 Å². The number of benzene rings is 3. The fourth-order valence-corrected chi connectivity index (χ4v) is 4.44. The third-order valence-corrected chi connectivity index (χ3v) is 6.95. The molecule has 0 atom stereocenters. The highest BCUT2D eigenvalue weighted by molar-refractivity contribution is 6.30. The van der Waals surface area contributed by atoms with Crippen molar-refractivity contribution in [1.82, 2.24) is 15.1 Å². The van der Waals surface area contributed by atoms with Crippen LogP contribution in [0.2, 0.25) is 5.02 Å². The van der Waals surface area contributed by atoms with Gasteiger partial charge in [0.15, 0.2) is 0 Å². The number of carbonyl (C=O) groups is 2. The van der Waals surface area contributed by atoms with Crippen molar-refractivity contribution < 1.29 is 19.4 Å². The lowest BCUT2D eigenvalue weighted by Gasteiger charge is -2.25. The molecule has 0 aliphatic heterocycles. The van der Waals surface area contributed by atoms with Crippen LogP contribution < -0.4 is 15.4 Å². The van der Waals surface area contributed by atoms with Gasteiger partial charge in [-0.25, -0.2) is 4.79 Å². The summed E-state index contributed by atoms with van der Waals surface area (Å²) in [6.07, 6.45) is 3.07. The number of hydrogen-bond donors (Lipinski definition) is 3. The summed E-state index contributed by atoms with van der Waals surface area (Å²) in [5.41, 5.74) is 3.59. The minimum Gasteiger partial charge on any atom is -0.507 e. The van der Waals surface area contributed by atoms with Crippen molar-refractivity contribution in [3.05, 3.63) is 94.6 Å². The van der Waals surface area contributed by atoms with Crippen LogP contribution in [0.15, 0.2) is 72.8 Å². The number of phenols is 1. The first-order valence-corrected chi connectivity index (χ1v) is 12.7. The van der Waals surface area contributed by atoms with E-state index in [0.29, 0.717) is 34.1 Å². The largest absolute Gasteiger partial charge is 0.507 e. The van der Waals surface area contributed by atoms with Gasteiger partial charge in [0.1, 0.15) is 11.5 Å². The lowest BCUT2D eigenvalue weighted by atomic mass is 9.82. The van der Waals surface area contributed by atoms with E-state index in [1.54, 1.807) is 43.5 Å². The van der Waals surface area contributed by atoms with Gasteiger partial charge in [-0.1, -0.05) is 30.2 Å². The number of ether oxygens (including phenoxy) is 1. The fourth-order valence-electron chi connectivity index (χ4n) is 4.31. The molecule has 9 heteroatoms. The summed E-state index contributed by atoms with van der Waals surface area (Å²) in [6.45, 7) is 0.343. The van der Waals surface area contributed by atoms with Gasteiger partial charge in [-0.2, -0.15) is 9.78 Å². The first-order chi connectivity index (χ1) is 18.4. The van der Waals surface area contributed by atoms with Crippen LogP contribution >= 0.6 is 11.6 Å². The van der Waals surface area contributed by atoms with Gasteiger partial charge in [0.2, 0.25) is 0 Å². The molecule has 1 saturated carbocycles. The highest BCUT2D eigenvalue weighted by atomic mass is 35.5. The lowest BCUT2D eigenvalue weighted by molar-refractivity contribution is 0.102. The second-order valence-electron chi connectivity index (χ2n) is 9.19. The Kier molecular flexibility index (Phi) is 7.33. The quantitative estimate of drug-likeness (QED) is 0.264. The molecule has 4 aromatic rings. The van der Waals surface area contributed by atoms with Gasteiger partial charge < -0.3 is 20.5 Å². The molecule has 3 N–H and O–H groups in total. The standard InChI is InChI=1S/C29H27ClN4O4/c1-38-23-12-5-18(6-13-23)17-31-29(37)34-26(19-3-2-4-19)16-25(33-34)24-14-11-22(15-27(24)35)32-28(36)20-7-9-21(30)10-8-20/h5-16,19,35H,2-4,17H2,1H3,(H,31,37)(H,32,36). The minimum atomic E-state index is -0.333. The van der Waals surface area contributed by atoms with Crippen molar-refractivity contribution in [2.75, 3.05) is 12.4 Å². The zero-order chi connectivity index (χ0) is 26.6. The average Bonchev–Trinajstić information content (AvgIpc) is 3.31. The highest BCUT2D eigenvalue weighted by Gasteiger charge is 2.27. The van der Waals surface area contributed by atoms with E-state index in [2.05, 4.69) is 15.7 Å². The normalized spacial score (nSPS) is 13.0. The van der Waals surface area contributed by atoms with Crippen LogP contribution in [0, 0.1) is 0 Å². The molecule has 2 amide bonds. The predicted octanol–water partition coefficient (Wildman–Crippen LogP) is 6.20. The van der Waals surface area contributed by atoms with Crippen molar-refractivity contribution in [2.45, 2.75) is 31.7 Å². The molecule has 1 fully saturated rings. The number of aromatic nitrogens is 2. The van der Waals surface area contributed by atoms with E-state index in [0.717, 1.165) is 36.3 Å². The molecule has 0 bridgehead atoms. The monoisotopic (exact) mass is 530 g/mol. The van der Waals surface area contributed by atoms with E-state index < -0.39 is 0 Å². The maximum absolute atomic E-state index is 13.1. The van der Waals surface area contributed by atoms with Gasteiger partial charge in [0, 0.05) is 40.4 Å². The second kappa shape index (κ2) is 11.0. The Morgan fingerprint density at radius 3 is 2.42 bits per heavy atom. The molecule has 38 heavy (non-hydrogen) atoms. The van der Waals surface area contributed by atoms with E-state index in [9.17, 15) is 14.7 Å². The number of carbonyl (C=O) groups excluding carboxylic acids is 2. The van der Waals surface area contributed by atoms with Gasteiger partial charge in [-0.05, 0) is 73.0 Å². The number of nitrogens with one attached hydrogen (secondary N) is 2. The van der Waals surface area contributed by atoms with Gasteiger partial charge in [-0.3, -0.25) is 4.79 Å². The first-order valence-electron chi connectivity index (χ1n) is 12.3. The third kappa shape index (κ3) is 5.50. The summed E-state index contributed by atoms with van der Waals surface area (Å²) >= 11 is 5.89. The Bertz CT molecular complexity index is 1460. The smallest absolute Gasteiger partial charge is 0.342 e. The van der Waals surface area contributed by atoms with Crippen LogP contribution in [0.1, 0.15) is 46.8 Å². The number of amides is 2. The maximum atomic E-state index is 13.1. The van der Waals surface area contributed by atoms with Gasteiger partial charge in [0.25, 0.3) is 5.91 Å². The molecule has 1 aromatic heterocycles. The molecule has 8 nitrogen and oxygen atoms in total. The Hall–Kier alpha value is -4.30. The Labute approximate surface area is 225 Å². The van der Waals surface area contributed by atoms with E-state index in [-0.39, 0.29) is 23.6 Å². The number of phenolic OH excluding ortho intramolecular Hbond substituents is 1. The van der Waals surface area contributed by atoms with E-state index >= 15 is 0 Å². The van der Waals surface area contributed by atoms with Crippen LogP contribution in [0.25, 0.3) is 11.3 Å². The summed E-state index contributed by atoms with van der Waals surface area (Å²) in [6, 6.07) is 20.4. The number of aromatic hydroxyl groups is 1. The summed E-state index contributed by atoms with van der Waals surface area (Å²) in [5, 5.41) is 21.6. The number of halogens is 1. The topological polar surface area (TPSA) is 105 Å². The van der Waals surface area contributed by atoms with E-state index in [1.807, 2.05) is 30.3 Å². The van der Waals surface area contributed by atoms with Crippen LogP contribution in [-0.2, 0) is 6.54 Å². The lowest BCUT2D eigenvalue weighted by Crippen LogP contribution is -2.31. The molecule has 194 valence electrons. The Morgan fingerprint density at radius 1 is 1.05 bits per heavy atom. The van der Waals surface area contributed by atoms with Gasteiger partial charge in [0.05, 0.1) is 18.5 Å². The minimum absolute atomic E-state index is 0.0534. The highest BCUT2D eigenvalue weighted by Crippen LogP contribution is 2.39. The molecular formula is C29H27ClN4O4. The summed E-state index contributed by atoms with van der Waals surface area (Å²) in [5.74, 6) is 0.615. The molecule has 0 saturated heterocycles. The van der Waals surface area contributed by atoms with Gasteiger partial charge >= 0.3 is 6.03 Å². The van der Waals surface area contributed by atoms with Crippen molar-refractivity contribution >= 4 is 29.2 Å². The summed E-state index contributed by atoms with van der Waals surface area (Å²) in [4.78, 5) is 25.6. The summed E-state index contributed by atoms with van der Waals surface area (Å²) < 4.78 is 6.58.